The predicted octanol–water partition coefficient (Wildman–Crippen LogP) is 6.18. The van der Waals surface area contributed by atoms with E-state index >= 15 is 0 Å². The Morgan fingerprint density at radius 3 is 2.66 bits per heavy atom. The highest BCUT2D eigenvalue weighted by atomic mass is 16.5. The molecule has 1 fully saturated rings. The topological polar surface area (TPSA) is 67.6 Å². The molecule has 1 aliphatic heterocycles. The van der Waals surface area contributed by atoms with Gasteiger partial charge >= 0.3 is 6.03 Å². The Balaban J connectivity index is 1.39. The average molecular weight is 428 g/mol. The van der Waals surface area contributed by atoms with E-state index in [0.29, 0.717) is 12.4 Å². The molecule has 0 spiro atoms. The predicted molar refractivity (Wildman–Crippen MR) is 125 cm³/mol. The number of anilines is 1. The van der Waals surface area contributed by atoms with Crippen LogP contribution in [0, 0.1) is 6.92 Å². The first-order valence-corrected chi connectivity index (χ1v) is 10.8. The smallest absolute Gasteiger partial charge is 0.322 e. The second kappa shape index (κ2) is 8.38. The van der Waals surface area contributed by atoms with Crippen molar-refractivity contribution in [2.24, 2.45) is 0 Å². The van der Waals surface area contributed by atoms with Crippen LogP contribution in [0.1, 0.15) is 30.3 Å². The van der Waals surface area contributed by atoms with Crippen LogP contribution in [0.4, 0.5) is 10.5 Å². The fourth-order valence-electron chi connectivity index (χ4n) is 4.22. The molecule has 6 nitrogen and oxygen atoms in total. The lowest BCUT2D eigenvalue weighted by molar-refractivity contribution is 0.199. The summed E-state index contributed by atoms with van der Waals surface area (Å²) in [6.07, 6.45) is 1.75. The Hall–Kier alpha value is -3.80. The third kappa shape index (κ3) is 3.80. The van der Waals surface area contributed by atoms with E-state index in [-0.39, 0.29) is 12.1 Å². The normalized spacial score (nSPS) is 15.8. The Kier molecular flexibility index (Phi) is 5.27. The van der Waals surface area contributed by atoms with Crippen molar-refractivity contribution in [2.45, 2.75) is 25.8 Å². The molecular formula is C26H25N3O3. The number of amides is 2. The van der Waals surface area contributed by atoms with Gasteiger partial charge in [0.1, 0.15) is 17.3 Å². The number of fused-ring (bicyclic) bond motifs is 1. The van der Waals surface area contributed by atoms with Crippen LogP contribution < -0.4 is 10.1 Å². The summed E-state index contributed by atoms with van der Waals surface area (Å²) < 4.78 is 11.3. The van der Waals surface area contributed by atoms with Crippen LogP contribution in [0.15, 0.2) is 71.1 Å². The van der Waals surface area contributed by atoms with E-state index in [1.807, 2.05) is 78.6 Å². The zero-order chi connectivity index (χ0) is 22.1. The fourth-order valence-corrected chi connectivity index (χ4v) is 4.22. The Labute approximate surface area is 186 Å². The van der Waals surface area contributed by atoms with Crippen molar-refractivity contribution in [3.05, 3.63) is 78.2 Å². The summed E-state index contributed by atoms with van der Waals surface area (Å²) in [5.74, 6) is 1.41. The highest BCUT2D eigenvalue weighted by Crippen LogP contribution is 2.35. The van der Waals surface area contributed by atoms with Gasteiger partial charge in [-0.25, -0.2) is 9.78 Å². The standard InChI is InChI=1S/C26H25N3O3/c1-17-6-3-4-7-21(17)28-26(30)29-15-5-8-23(29)25-27-22-16-19(11-14-24(22)32-25)18-9-12-20(31-2)13-10-18/h3-4,6-7,9-14,16,23H,5,8,15H2,1-2H3,(H,28,30)/t23-/m0/s1. The van der Waals surface area contributed by atoms with Gasteiger partial charge in [0.25, 0.3) is 0 Å². The number of aryl methyl sites for hydroxylation is 1. The number of oxazole rings is 1. The van der Waals surface area contributed by atoms with Crippen LogP contribution in [0.2, 0.25) is 0 Å². The zero-order valence-electron chi connectivity index (χ0n) is 18.2. The molecule has 0 radical (unpaired) electrons. The average Bonchev–Trinajstić information content (AvgIpc) is 3.47. The first kappa shape index (κ1) is 20.1. The van der Waals surface area contributed by atoms with Crippen molar-refractivity contribution < 1.29 is 13.9 Å². The molecular weight excluding hydrogens is 402 g/mol. The molecule has 0 unspecified atom stereocenters. The number of urea groups is 1. The SMILES string of the molecule is COc1ccc(-c2ccc3oc([C@@H]4CCCN4C(=O)Nc4ccccc4C)nc3c2)cc1. The molecule has 3 aromatic carbocycles. The second-order valence-corrected chi connectivity index (χ2v) is 8.06. The quantitative estimate of drug-likeness (QED) is 0.422. The minimum Gasteiger partial charge on any atom is -0.497 e. The minimum absolute atomic E-state index is 0.122. The molecule has 0 saturated carbocycles. The lowest BCUT2D eigenvalue weighted by atomic mass is 10.1. The van der Waals surface area contributed by atoms with Gasteiger partial charge in [-0.05, 0) is 66.8 Å². The lowest BCUT2D eigenvalue weighted by Gasteiger charge is -2.23. The number of nitrogens with zero attached hydrogens (tertiary/aromatic N) is 2. The number of benzene rings is 3. The van der Waals surface area contributed by atoms with E-state index in [0.717, 1.165) is 52.1 Å². The molecule has 0 aliphatic carbocycles. The summed E-state index contributed by atoms with van der Waals surface area (Å²) in [5.41, 5.74) is 5.51. The molecule has 1 saturated heterocycles. The van der Waals surface area contributed by atoms with E-state index in [1.54, 1.807) is 7.11 Å². The summed E-state index contributed by atoms with van der Waals surface area (Å²) in [6, 6.07) is 21.4. The largest absolute Gasteiger partial charge is 0.497 e. The Morgan fingerprint density at radius 1 is 1.09 bits per heavy atom. The summed E-state index contributed by atoms with van der Waals surface area (Å²) in [5, 5.41) is 3.03. The van der Waals surface area contributed by atoms with E-state index < -0.39 is 0 Å². The number of rotatable bonds is 4. The third-order valence-corrected chi connectivity index (χ3v) is 6.01. The maximum atomic E-state index is 13.0. The first-order chi connectivity index (χ1) is 15.6. The van der Waals surface area contributed by atoms with E-state index in [2.05, 4.69) is 5.32 Å². The molecule has 1 atom stereocenters. The summed E-state index contributed by atoms with van der Waals surface area (Å²) >= 11 is 0. The van der Waals surface area contributed by atoms with Gasteiger partial charge in [0.05, 0.1) is 7.11 Å². The van der Waals surface area contributed by atoms with Crippen LogP contribution in [-0.2, 0) is 0 Å². The number of aromatic nitrogens is 1. The van der Waals surface area contributed by atoms with Gasteiger partial charge in [0, 0.05) is 12.2 Å². The Bertz CT molecular complexity index is 1260. The van der Waals surface area contributed by atoms with Gasteiger partial charge < -0.3 is 19.4 Å². The summed E-state index contributed by atoms with van der Waals surface area (Å²) in [4.78, 5) is 19.6. The van der Waals surface area contributed by atoms with Gasteiger partial charge in [0.15, 0.2) is 5.58 Å². The molecule has 162 valence electrons. The number of hydrogen-bond acceptors (Lipinski definition) is 4. The molecule has 2 heterocycles. The number of para-hydroxylation sites is 1. The van der Waals surface area contributed by atoms with Crippen LogP contribution in [-0.4, -0.2) is 29.6 Å². The summed E-state index contributed by atoms with van der Waals surface area (Å²) in [7, 11) is 1.66. The molecule has 5 rings (SSSR count). The van der Waals surface area contributed by atoms with Gasteiger partial charge in [0.2, 0.25) is 5.89 Å². The van der Waals surface area contributed by atoms with Crippen LogP contribution in [0.25, 0.3) is 22.2 Å². The van der Waals surface area contributed by atoms with Crippen LogP contribution in [0.5, 0.6) is 5.75 Å². The molecule has 1 N–H and O–H groups in total. The zero-order valence-corrected chi connectivity index (χ0v) is 18.2. The van der Waals surface area contributed by atoms with Crippen LogP contribution >= 0.6 is 0 Å². The third-order valence-electron chi connectivity index (χ3n) is 6.01. The van der Waals surface area contributed by atoms with E-state index in [9.17, 15) is 4.79 Å². The maximum Gasteiger partial charge on any atom is 0.322 e. The minimum atomic E-state index is -0.171. The van der Waals surface area contributed by atoms with Gasteiger partial charge in [-0.2, -0.15) is 0 Å². The van der Waals surface area contributed by atoms with Gasteiger partial charge in [-0.3, -0.25) is 0 Å². The highest BCUT2D eigenvalue weighted by molar-refractivity contribution is 5.90. The highest BCUT2D eigenvalue weighted by Gasteiger charge is 2.33. The van der Waals surface area contributed by atoms with Crippen molar-refractivity contribution in [3.8, 4) is 16.9 Å². The van der Waals surface area contributed by atoms with Crippen molar-refractivity contribution >= 4 is 22.8 Å². The number of carbonyl (C=O) groups excluding carboxylic acids is 1. The monoisotopic (exact) mass is 427 g/mol. The summed E-state index contributed by atoms with van der Waals surface area (Å²) in [6.45, 7) is 2.66. The van der Waals surface area contributed by atoms with Gasteiger partial charge in [-0.1, -0.05) is 36.4 Å². The molecule has 4 aromatic rings. The molecule has 1 aliphatic rings. The van der Waals surface area contributed by atoms with E-state index in [4.69, 9.17) is 14.1 Å². The number of nitrogens with one attached hydrogen (secondary N) is 1. The van der Waals surface area contributed by atoms with Crippen molar-refractivity contribution in [3.63, 3.8) is 0 Å². The molecule has 6 heteroatoms. The number of carbonyl (C=O) groups is 1. The van der Waals surface area contributed by atoms with Crippen molar-refractivity contribution in [2.75, 3.05) is 19.0 Å². The van der Waals surface area contributed by atoms with E-state index in [1.165, 1.54) is 0 Å². The first-order valence-electron chi connectivity index (χ1n) is 10.8. The number of methoxy groups -OCH3 is 1. The fraction of sp³-hybridized carbons (Fsp3) is 0.231. The maximum absolute atomic E-state index is 13.0. The van der Waals surface area contributed by atoms with Gasteiger partial charge in [-0.15, -0.1) is 0 Å². The lowest BCUT2D eigenvalue weighted by Crippen LogP contribution is -2.34. The van der Waals surface area contributed by atoms with Crippen molar-refractivity contribution in [1.29, 1.82) is 0 Å². The number of hydrogen-bond donors (Lipinski definition) is 1. The molecule has 32 heavy (non-hydrogen) atoms. The molecule has 0 bridgehead atoms. The molecule has 2 amide bonds. The second-order valence-electron chi connectivity index (χ2n) is 8.06. The number of ether oxygens (including phenoxy) is 1. The molecule has 1 aromatic heterocycles. The Morgan fingerprint density at radius 2 is 1.88 bits per heavy atom. The van der Waals surface area contributed by atoms with Crippen molar-refractivity contribution in [1.82, 2.24) is 9.88 Å². The number of likely N-dealkylation sites (tertiary alicyclic amines) is 1. The van der Waals surface area contributed by atoms with Crippen LogP contribution in [0.3, 0.4) is 0 Å².